The van der Waals surface area contributed by atoms with Crippen molar-refractivity contribution < 1.29 is 14.3 Å². The van der Waals surface area contributed by atoms with Crippen molar-refractivity contribution in [3.05, 3.63) is 11.1 Å². The average Bonchev–Trinajstić information content (AvgIpc) is 2.48. The minimum Gasteiger partial charge on any atom is -0.462 e. The Kier molecular flexibility index (Phi) is 3.59. The highest BCUT2D eigenvalue weighted by Crippen LogP contribution is 2.56. The fourth-order valence-corrected chi connectivity index (χ4v) is 4.33. The van der Waals surface area contributed by atoms with E-state index in [0.29, 0.717) is 5.92 Å². The molecule has 0 amide bonds. The van der Waals surface area contributed by atoms with Crippen LogP contribution in [0.4, 0.5) is 0 Å². The predicted molar refractivity (Wildman–Crippen MR) is 73.5 cm³/mol. The maximum Gasteiger partial charge on any atom is 0.302 e. The van der Waals surface area contributed by atoms with Crippen molar-refractivity contribution in [1.29, 1.82) is 0 Å². The molecule has 2 aliphatic rings. The molecule has 19 heavy (non-hydrogen) atoms. The highest BCUT2D eigenvalue weighted by atomic mass is 16.5. The molecule has 0 N–H and O–H groups in total. The Bertz CT molecular complexity index is 433. The van der Waals surface area contributed by atoms with E-state index in [0.717, 1.165) is 24.7 Å². The van der Waals surface area contributed by atoms with Gasteiger partial charge in [-0.05, 0) is 35.7 Å². The number of rotatable bonds is 2. The van der Waals surface area contributed by atoms with E-state index in [9.17, 15) is 9.59 Å². The highest BCUT2D eigenvalue weighted by Gasteiger charge is 2.51. The maximum atomic E-state index is 11.4. The SMILES string of the molecule is CC(=O)O[C@H]1C[C@@H](C)C(C=O)=C2[C@@H](C)CC(C)(C)[C@@H]21. The van der Waals surface area contributed by atoms with Crippen molar-refractivity contribution in [3.63, 3.8) is 0 Å². The summed E-state index contributed by atoms with van der Waals surface area (Å²) in [6.45, 7) is 10.1. The molecule has 0 bridgehead atoms. The highest BCUT2D eigenvalue weighted by molar-refractivity contribution is 5.77. The molecule has 2 rings (SSSR count). The Morgan fingerprint density at radius 1 is 1.32 bits per heavy atom. The monoisotopic (exact) mass is 264 g/mol. The second-order valence-electron chi connectivity index (χ2n) is 6.88. The third-order valence-electron chi connectivity index (χ3n) is 4.81. The van der Waals surface area contributed by atoms with Crippen LogP contribution in [0.5, 0.6) is 0 Å². The summed E-state index contributed by atoms with van der Waals surface area (Å²) in [5.74, 6) is 0.565. The minimum atomic E-state index is -0.221. The summed E-state index contributed by atoms with van der Waals surface area (Å²) in [5, 5.41) is 0. The van der Waals surface area contributed by atoms with Gasteiger partial charge in [0.25, 0.3) is 0 Å². The lowest BCUT2D eigenvalue weighted by molar-refractivity contribution is -0.151. The molecule has 0 aromatic heterocycles. The lowest BCUT2D eigenvalue weighted by Gasteiger charge is -2.39. The molecule has 0 radical (unpaired) electrons. The van der Waals surface area contributed by atoms with E-state index in [1.54, 1.807) is 0 Å². The molecule has 3 heteroatoms. The molecule has 0 unspecified atom stereocenters. The summed E-state index contributed by atoms with van der Waals surface area (Å²) < 4.78 is 5.56. The Morgan fingerprint density at radius 3 is 2.47 bits per heavy atom. The zero-order chi connectivity index (χ0) is 14.4. The molecule has 0 aliphatic heterocycles. The molecular weight excluding hydrogens is 240 g/mol. The molecule has 1 fully saturated rings. The molecular formula is C16H24O3. The van der Waals surface area contributed by atoms with Crippen LogP contribution in [-0.4, -0.2) is 18.4 Å². The summed E-state index contributed by atoms with van der Waals surface area (Å²) in [6.07, 6.45) is 2.76. The van der Waals surface area contributed by atoms with Crippen LogP contribution in [0.25, 0.3) is 0 Å². The number of hydrogen-bond donors (Lipinski definition) is 0. The van der Waals surface area contributed by atoms with E-state index in [2.05, 4.69) is 27.7 Å². The lowest BCUT2D eigenvalue weighted by atomic mass is 9.69. The van der Waals surface area contributed by atoms with Crippen LogP contribution in [0.15, 0.2) is 11.1 Å². The Morgan fingerprint density at radius 2 is 1.95 bits per heavy atom. The normalized spacial score (nSPS) is 36.9. The molecule has 2 aliphatic carbocycles. The van der Waals surface area contributed by atoms with Gasteiger partial charge < -0.3 is 4.74 Å². The molecule has 0 aromatic rings. The Labute approximate surface area is 115 Å². The molecule has 0 aromatic carbocycles. The van der Waals surface area contributed by atoms with Gasteiger partial charge in [-0.1, -0.05) is 33.3 Å². The quantitative estimate of drug-likeness (QED) is 0.568. The summed E-state index contributed by atoms with van der Waals surface area (Å²) in [6, 6.07) is 0. The standard InChI is InChI=1S/C16H24O3/c1-9-6-13(19-11(3)18)15-14(12(9)8-17)10(2)7-16(15,4)5/h8-10,13,15H,6-7H2,1-5H3/t9-,10+,13+,15-/m1/s1. The number of aldehydes is 1. The van der Waals surface area contributed by atoms with Gasteiger partial charge in [0.1, 0.15) is 12.4 Å². The third-order valence-corrected chi connectivity index (χ3v) is 4.81. The number of carbonyl (C=O) groups is 2. The van der Waals surface area contributed by atoms with Gasteiger partial charge >= 0.3 is 5.97 Å². The van der Waals surface area contributed by atoms with Crippen molar-refractivity contribution in [2.75, 3.05) is 0 Å². The van der Waals surface area contributed by atoms with Crippen molar-refractivity contribution >= 4 is 12.3 Å². The van der Waals surface area contributed by atoms with E-state index in [1.807, 2.05) is 0 Å². The summed E-state index contributed by atoms with van der Waals surface area (Å²) in [4.78, 5) is 22.8. The zero-order valence-corrected chi connectivity index (χ0v) is 12.5. The van der Waals surface area contributed by atoms with Gasteiger partial charge in [0.15, 0.2) is 0 Å². The summed E-state index contributed by atoms with van der Waals surface area (Å²) in [5.41, 5.74) is 2.28. The second-order valence-corrected chi connectivity index (χ2v) is 6.88. The molecule has 0 saturated heterocycles. The van der Waals surface area contributed by atoms with Crippen LogP contribution in [0.2, 0.25) is 0 Å². The number of esters is 1. The summed E-state index contributed by atoms with van der Waals surface area (Å²) in [7, 11) is 0. The van der Waals surface area contributed by atoms with Crippen molar-refractivity contribution in [2.45, 2.75) is 53.6 Å². The Hall–Kier alpha value is -1.12. The topological polar surface area (TPSA) is 43.4 Å². The first-order valence-electron chi connectivity index (χ1n) is 7.14. The van der Waals surface area contributed by atoms with Gasteiger partial charge in [-0.25, -0.2) is 0 Å². The van der Waals surface area contributed by atoms with Gasteiger partial charge in [-0.2, -0.15) is 0 Å². The minimum absolute atomic E-state index is 0.0776. The predicted octanol–water partition coefficient (Wildman–Crippen LogP) is 3.14. The van der Waals surface area contributed by atoms with Gasteiger partial charge in [-0.3, -0.25) is 9.59 Å². The van der Waals surface area contributed by atoms with Crippen LogP contribution < -0.4 is 0 Å². The van der Waals surface area contributed by atoms with E-state index in [-0.39, 0.29) is 29.3 Å². The van der Waals surface area contributed by atoms with Gasteiger partial charge in [0.05, 0.1) is 0 Å². The number of fused-ring (bicyclic) bond motifs is 1. The van der Waals surface area contributed by atoms with Crippen LogP contribution >= 0.6 is 0 Å². The molecule has 0 spiro atoms. The number of hydrogen-bond acceptors (Lipinski definition) is 3. The van der Waals surface area contributed by atoms with E-state index < -0.39 is 0 Å². The zero-order valence-electron chi connectivity index (χ0n) is 12.5. The van der Waals surface area contributed by atoms with Crippen LogP contribution in [-0.2, 0) is 14.3 Å². The molecule has 106 valence electrons. The van der Waals surface area contributed by atoms with Crippen LogP contribution in [0.1, 0.15) is 47.5 Å². The maximum absolute atomic E-state index is 11.4. The van der Waals surface area contributed by atoms with Crippen LogP contribution in [0, 0.1) is 23.2 Å². The molecule has 1 saturated carbocycles. The van der Waals surface area contributed by atoms with E-state index in [1.165, 1.54) is 12.5 Å². The average molecular weight is 264 g/mol. The van der Waals surface area contributed by atoms with Crippen molar-refractivity contribution in [2.24, 2.45) is 23.2 Å². The van der Waals surface area contributed by atoms with Crippen molar-refractivity contribution in [1.82, 2.24) is 0 Å². The first-order chi connectivity index (χ1) is 8.77. The number of carbonyl (C=O) groups excluding carboxylic acids is 2. The first kappa shape index (κ1) is 14.3. The fraction of sp³-hybridized carbons (Fsp3) is 0.750. The lowest BCUT2D eigenvalue weighted by Crippen LogP contribution is -2.39. The van der Waals surface area contributed by atoms with Crippen LogP contribution in [0.3, 0.4) is 0 Å². The molecule has 3 nitrogen and oxygen atoms in total. The number of ether oxygens (including phenoxy) is 1. The first-order valence-corrected chi connectivity index (χ1v) is 7.14. The Balaban J connectivity index is 2.48. The largest absolute Gasteiger partial charge is 0.462 e. The van der Waals surface area contributed by atoms with Gasteiger partial charge in [0, 0.05) is 12.8 Å². The molecule has 4 atom stereocenters. The molecule has 0 heterocycles. The summed E-state index contributed by atoms with van der Waals surface area (Å²) >= 11 is 0. The third kappa shape index (κ3) is 2.35. The smallest absolute Gasteiger partial charge is 0.302 e. The van der Waals surface area contributed by atoms with Crippen molar-refractivity contribution in [3.8, 4) is 0 Å². The van der Waals surface area contributed by atoms with E-state index >= 15 is 0 Å². The van der Waals surface area contributed by atoms with Gasteiger partial charge in [-0.15, -0.1) is 0 Å². The number of allylic oxidation sites excluding steroid dienone is 1. The fourth-order valence-electron chi connectivity index (χ4n) is 4.33. The van der Waals surface area contributed by atoms with E-state index in [4.69, 9.17) is 4.74 Å². The second kappa shape index (κ2) is 4.77. The van der Waals surface area contributed by atoms with Gasteiger partial charge in [0.2, 0.25) is 0 Å².